The Morgan fingerprint density at radius 2 is 2.36 bits per heavy atom. The van der Waals surface area contributed by atoms with E-state index >= 15 is 0 Å². The minimum Gasteiger partial charge on any atom is -0.411 e. The highest BCUT2D eigenvalue weighted by molar-refractivity contribution is 14.1. The minimum absolute atomic E-state index is 0.310. The van der Waals surface area contributed by atoms with E-state index in [-0.39, 0.29) is 0 Å². The first kappa shape index (κ1) is 10.9. The van der Waals surface area contributed by atoms with E-state index in [1.165, 1.54) is 12.1 Å². The van der Waals surface area contributed by atoms with Gasteiger partial charge in [0.2, 0.25) is 0 Å². The molecule has 1 aromatic carbocycles. The van der Waals surface area contributed by atoms with Crippen LogP contribution in [0.15, 0.2) is 23.4 Å². The van der Waals surface area contributed by atoms with Crippen LogP contribution in [-0.4, -0.2) is 17.3 Å². The van der Waals surface area contributed by atoms with Crippen LogP contribution in [0.5, 0.6) is 0 Å². The molecule has 0 aliphatic carbocycles. The minimum atomic E-state index is -0.615. The molecule has 0 bridgehead atoms. The molecular formula is C8H6FIN2O2. The van der Waals surface area contributed by atoms with E-state index in [4.69, 9.17) is 5.21 Å². The normalized spacial score (nSPS) is 10.4. The predicted molar refractivity (Wildman–Crippen MR) is 58.0 cm³/mol. The standard InChI is InChI=1S/C8H6FIN2O2/c9-5-2-1-3-6(8(5)10)12-7(13)4-11-14/h1-4,14H,(H,12,13)/b11-4+. The van der Waals surface area contributed by atoms with E-state index in [1.54, 1.807) is 28.7 Å². The number of benzene rings is 1. The fourth-order valence-electron chi connectivity index (χ4n) is 0.818. The number of oxime groups is 1. The molecule has 0 aliphatic heterocycles. The number of nitrogens with zero attached hydrogens (tertiary/aromatic N) is 1. The lowest BCUT2D eigenvalue weighted by molar-refractivity contribution is -0.110. The molecule has 0 saturated carbocycles. The lowest BCUT2D eigenvalue weighted by Crippen LogP contribution is -2.13. The predicted octanol–water partition coefficient (Wildman–Crippen LogP) is 1.83. The summed E-state index contributed by atoms with van der Waals surface area (Å²) in [6.07, 6.45) is 0.695. The second-order valence-corrected chi connectivity index (χ2v) is 3.41. The fraction of sp³-hybridized carbons (Fsp3) is 0. The third kappa shape index (κ3) is 2.66. The van der Waals surface area contributed by atoms with Crippen LogP contribution in [0, 0.1) is 9.39 Å². The maximum Gasteiger partial charge on any atom is 0.270 e. The van der Waals surface area contributed by atoms with E-state index in [0.29, 0.717) is 15.5 Å². The van der Waals surface area contributed by atoms with Gasteiger partial charge in [0.05, 0.1) is 9.26 Å². The molecule has 1 rings (SSSR count). The van der Waals surface area contributed by atoms with E-state index < -0.39 is 11.7 Å². The van der Waals surface area contributed by atoms with Gasteiger partial charge < -0.3 is 10.5 Å². The van der Waals surface area contributed by atoms with Gasteiger partial charge in [0.1, 0.15) is 12.0 Å². The number of nitrogens with one attached hydrogen (secondary N) is 1. The van der Waals surface area contributed by atoms with Gasteiger partial charge in [-0.2, -0.15) is 0 Å². The highest BCUT2D eigenvalue weighted by Gasteiger charge is 2.06. The van der Waals surface area contributed by atoms with Gasteiger partial charge in [-0.1, -0.05) is 11.2 Å². The number of anilines is 1. The quantitative estimate of drug-likeness (QED) is 0.379. The van der Waals surface area contributed by atoms with Gasteiger partial charge in [0.15, 0.2) is 0 Å². The van der Waals surface area contributed by atoms with Crippen molar-refractivity contribution < 1.29 is 14.4 Å². The summed E-state index contributed by atoms with van der Waals surface area (Å²) in [7, 11) is 0. The Bertz CT molecular complexity index is 382. The van der Waals surface area contributed by atoms with Crippen LogP contribution in [0.25, 0.3) is 0 Å². The maximum absolute atomic E-state index is 13.0. The zero-order valence-corrected chi connectivity index (χ0v) is 9.03. The molecular weight excluding hydrogens is 302 g/mol. The smallest absolute Gasteiger partial charge is 0.270 e. The third-order valence-electron chi connectivity index (χ3n) is 1.38. The Labute approximate surface area is 92.9 Å². The zero-order chi connectivity index (χ0) is 10.6. The van der Waals surface area contributed by atoms with Crippen LogP contribution in [0.2, 0.25) is 0 Å². The average molecular weight is 308 g/mol. The van der Waals surface area contributed by atoms with Crippen molar-refractivity contribution >= 4 is 40.4 Å². The molecule has 0 saturated heterocycles. The van der Waals surface area contributed by atoms with Gasteiger partial charge in [0, 0.05) is 0 Å². The van der Waals surface area contributed by atoms with Crippen molar-refractivity contribution in [3.8, 4) is 0 Å². The third-order valence-corrected chi connectivity index (χ3v) is 2.48. The highest BCUT2D eigenvalue weighted by Crippen LogP contribution is 2.20. The molecule has 2 N–H and O–H groups in total. The van der Waals surface area contributed by atoms with Crippen molar-refractivity contribution in [1.82, 2.24) is 0 Å². The Morgan fingerprint density at radius 1 is 1.64 bits per heavy atom. The van der Waals surface area contributed by atoms with Crippen LogP contribution >= 0.6 is 22.6 Å². The fourth-order valence-corrected chi connectivity index (χ4v) is 1.31. The summed E-state index contributed by atoms with van der Waals surface area (Å²) in [5, 5.41) is 13.0. The average Bonchev–Trinajstić information content (AvgIpc) is 2.13. The van der Waals surface area contributed by atoms with Gasteiger partial charge in [-0.25, -0.2) is 4.39 Å². The van der Waals surface area contributed by atoms with Crippen LogP contribution in [0.1, 0.15) is 0 Å². The van der Waals surface area contributed by atoms with E-state index in [0.717, 1.165) is 0 Å². The van der Waals surface area contributed by atoms with E-state index in [1.807, 2.05) is 0 Å². The molecule has 0 heterocycles. The van der Waals surface area contributed by atoms with E-state index in [2.05, 4.69) is 10.5 Å². The molecule has 74 valence electrons. The van der Waals surface area contributed by atoms with Crippen LogP contribution in [0.4, 0.5) is 10.1 Å². The van der Waals surface area contributed by atoms with Crippen molar-refractivity contribution in [2.45, 2.75) is 0 Å². The Kier molecular flexibility index (Phi) is 3.81. The Balaban J connectivity index is 2.87. The number of rotatable bonds is 2. The molecule has 0 unspecified atom stereocenters. The van der Waals surface area contributed by atoms with E-state index in [9.17, 15) is 9.18 Å². The molecule has 0 radical (unpaired) electrons. The van der Waals surface area contributed by atoms with Crippen molar-refractivity contribution in [2.75, 3.05) is 5.32 Å². The number of hydrogen-bond donors (Lipinski definition) is 2. The first-order valence-electron chi connectivity index (χ1n) is 3.57. The number of halogens is 2. The number of carbonyl (C=O) groups excluding carboxylic acids is 1. The molecule has 0 spiro atoms. The van der Waals surface area contributed by atoms with Crippen molar-refractivity contribution in [3.63, 3.8) is 0 Å². The molecule has 14 heavy (non-hydrogen) atoms. The summed E-state index contributed by atoms with van der Waals surface area (Å²) in [6, 6.07) is 4.31. The topological polar surface area (TPSA) is 61.7 Å². The Morgan fingerprint density at radius 3 is 3.00 bits per heavy atom. The number of hydrogen-bond acceptors (Lipinski definition) is 3. The van der Waals surface area contributed by atoms with Crippen molar-refractivity contribution in [2.24, 2.45) is 5.16 Å². The van der Waals surface area contributed by atoms with Gasteiger partial charge in [-0.3, -0.25) is 4.79 Å². The zero-order valence-electron chi connectivity index (χ0n) is 6.87. The largest absolute Gasteiger partial charge is 0.411 e. The van der Waals surface area contributed by atoms with Gasteiger partial charge in [0.25, 0.3) is 5.91 Å². The summed E-state index contributed by atoms with van der Waals surface area (Å²) in [5.41, 5.74) is 0.343. The van der Waals surface area contributed by atoms with Gasteiger partial charge >= 0.3 is 0 Å². The summed E-state index contributed by atoms with van der Waals surface area (Å²) in [4.78, 5) is 10.9. The second kappa shape index (κ2) is 4.89. The van der Waals surface area contributed by atoms with Crippen LogP contribution < -0.4 is 5.32 Å². The van der Waals surface area contributed by atoms with Crippen molar-refractivity contribution in [3.05, 3.63) is 27.6 Å². The molecule has 6 heteroatoms. The molecule has 0 fully saturated rings. The molecule has 0 atom stereocenters. The number of amides is 1. The summed E-state index contributed by atoms with van der Waals surface area (Å²) < 4.78 is 13.3. The number of carbonyl (C=O) groups is 1. The Hall–Kier alpha value is -1.18. The monoisotopic (exact) mass is 308 g/mol. The maximum atomic E-state index is 13.0. The molecule has 1 aromatic rings. The molecule has 0 aromatic heterocycles. The van der Waals surface area contributed by atoms with Gasteiger partial charge in [-0.15, -0.1) is 0 Å². The summed E-state index contributed by atoms with van der Waals surface area (Å²) in [5.74, 6) is -1.03. The van der Waals surface area contributed by atoms with Gasteiger partial charge in [-0.05, 0) is 34.7 Å². The van der Waals surface area contributed by atoms with Crippen LogP contribution in [0.3, 0.4) is 0 Å². The molecule has 0 aliphatic rings. The molecule has 4 nitrogen and oxygen atoms in total. The summed E-state index contributed by atoms with van der Waals surface area (Å²) in [6.45, 7) is 0. The lowest BCUT2D eigenvalue weighted by atomic mass is 10.3. The second-order valence-electron chi connectivity index (χ2n) is 2.34. The van der Waals surface area contributed by atoms with Crippen LogP contribution in [-0.2, 0) is 4.79 Å². The first-order valence-corrected chi connectivity index (χ1v) is 4.65. The first-order chi connectivity index (χ1) is 6.65. The molecule has 1 amide bonds. The highest BCUT2D eigenvalue weighted by atomic mass is 127. The lowest BCUT2D eigenvalue weighted by Gasteiger charge is -2.04. The van der Waals surface area contributed by atoms with Crippen molar-refractivity contribution in [1.29, 1.82) is 0 Å². The SMILES string of the molecule is O=C(/C=N/O)Nc1cccc(F)c1I. The summed E-state index contributed by atoms with van der Waals surface area (Å²) >= 11 is 1.77.